The highest BCUT2D eigenvalue weighted by atomic mass is 79.9. The van der Waals surface area contributed by atoms with Crippen LogP contribution in [0.4, 0.5) is 5.82 Å². The predicted octanol–water partition coefficient (Wildman–Crippen LogP) is 6.62. The number of anilines is 1. The lowest BCUT2D eigenvalue weighted by molar-refractivity contribution is 0.414. The lowest BCUT2D eigenvalue weighted by Crippen LogP contribution is -2.05. The van der Waals surface area contributed by atoms with Crippen molar-refractivity contribution in [2.45, 2.75) is 6.54 Å². The van der Waals surface area contributed by atoms with E-state index in [0.29, 0.717) is 28.2 Å². The molecule has 30 heavy (non-hydrogen) atoms. The van der Waals surface area contributed by atoms with Crippen LogP contribution in [0.15, 0.2) is 71.6 Å². The Labute approximate surface area is 192 Å². The second-order valence-electron chi connectivity index (χ2n) is 6.45. The van der Waals surface area contributed by atoms with Crippen molar-refractivity contribution in [2.75, 3.05) is 12.4 Å². The minimum Gasteiger partial charge on any atom is -0.497 e. The number of hydrogen-bond acceptors (Lipinski definition) is 4. The maximum absolute atomic E-state index is 6.45. The normalized spacial score (nSPS) is 10.8. The summed E-state index contributed by atoms with van der Waals surface area (Å²) in [5.41, 5.74) is 2.68. The number of aromatic nitrogens is 3. The quantitative estimate of drug-likeness (QED) is 0.321. The van der Waals surface area contributed by atoms with E-state index in [-0.39, 0.29) is 0 Å². The third kappa shape index (κ3) is 4.31. The highest BCUT2D eigenvalue weighted by Crippen LogP contribution is 2.34. The minimum atomic E-state index is 0.467. The molecule has 0 amide bonds. The molecule has 0 fully saturated rings. The van der Waals surface area contributed by atoms with E-state index in [2.05, 4.69) is 31.2 Å². The number of pyridine rings is 1. The summed E-state index contributed by atoms with van der Waals surface area (Å²) in [5.74, 6) is 2.23. The fourth-order valence-corrected chi connectivity index (χ4v) is 3.77. The molecule has 0 aliphatic rings. The van der Waals surface area contributed by atoms with Gasteiger partial charge in [-0.2, -0.15) is 0 Å². The van der Waals surface area contributed by atoms with Gasteiger partial charge in [-0.3, -0.25) is 4.57 Å². The van der Waals surface area contributed by atoms with Crippen molar-refractivity contribution in [3.8, 4) is 22.8 Å². The molecule has 0 radical (unpaired) electrons. The van der Waals surface area contributed by atoms with E-state index in [1.165, 1.54) is 0 Å². The first-order valence-electron chi connectivity index (χ1n) is 9.07. The first-order chi connectivity index (χ1) is 14.6. The summed E-state index contributed by atoms with van der Waals surface area (Å²) in [7, 11) is 1.65. The summed E-state index contributed by atoms with van der Waals surface area (Å²) in [6, 6.07) is 15.4. The molecular weight excluding hydrogens is 487 g/mol. The smallest absolute Gasteiger partial charge is 0.148 e. The molecule has 0 atom stereocenters. The van der Waals surface area contributed by atoms with Gasteiger partial charge in [-0.1, -0.05) is 41.4 Å². The Morgan fingerprint density at radius 2 is 1.90 bits per heavy atom. The number of rotatable bonds is 6. The van der Waals surface area contributed by atoms with Gasteiger partial charge in [0.05, 0.1) is 28.4 Å². The van der Waals surface area contributed by atoms with Crippen LogP contribution in [0, 0.1) is 0 Å². The van der Waals surface area contributed by atoms with Gasteiger partial charge in [0.1, 0.15) is 17.4 Å². The van der Waals surface area contributed by atoms with Crippen LogP contribution in [0.3, 0.4) is 0 Å². The zero-order chi connectivity index (χ0) is 21.1. The average molecular weight is 504 g/mol. The number of imidazole rings is 1. The summed E-state index contributed by atoms with van der Waals surface area (Å²) in [4.78, 5) is 9.12. The fourth-order valence-electron chi connectivity index (χ4n) is 3.06. The summed E-state index contributed by atoms with van der Waals surface area (Å²) >= 11 is 16.2. The van der Waals surface area contributed by atoms with E-state index in [4.69, 9.17) is 27.9 Å². The Kier molecular flexibility index (Phi) is 6.27. The van der Waals surface area contributed by atoms with Crippen LogP contribution < -0.4 is 10.1 Å². The molecule has 0 bridgehead atoms. The van der Waals surface area contributed by atoms with Crippen molar-refractivity contribution in [3.05, 3.63) is 87.2 Å². The Morgan fingerprint density at radius 3 is 2.67 bits per heavy atom. The molecule has 1 N–H and O–H groups in total. The Bertz CT molecular complexity index is 1180. The summed E-state index contributed by atoms with van der Waals surface area (Å²) < 4.78 is 7.96. The van der Waals surface area contributed by atoms with Crippen molar-refractivity contribution in [2.24, 2.45) is 0 Å². The molecule has 0 saturated carbocycles. The van der Waals surface area contributed by atoms with Gasteiger partial charge in [0.2, 0.25) is 0 Å². The number of hydrogen-bond donors (Lipinski definition) is 1. The third-order valence-corrected chi connectivity index (χ3v) is 5.79. The van der Waals surface area contributed by atoms with E-state index in [1.807, 2.05) is 53.2 Å². The monoisotopic (exact) mass is 502 g/mol. The van der Waals surface area contributed by atoms with Gasteiger partial charge in [-0.25, -0.2) is 9.97 Å². The van der Waals surface area contributed by atoms with Crippen molar-refractivity contribution in [1.29, 1.82) is 0 Å². The zero-order valence-corrected chi connectivity index (χ0v) is 19.0. The van der Waals surface area contributed by atoms with E-state index < -0.39 is 0 Å². The lowest BCUT2D eigenvalue weighted by atomic mass is 10.2. The highest BCUT2D eigenvalue weighted by molar-refractivity contribution is 9.10. The topological polar surface area (TPSA) is 52.0 Å². The first-order valence-corrected chi connectivity index (χ1v) is 10.6. The molecule has 4 rings (SSSR count). The first kappa shape index (κ1) is 20.7. The van der Waals surface area contributed by atoms with Crippen LogP contribution in [-0.2, 0) is 6.54 Å². The van der Waals surface area contributed by atoms with Crippen molar-refractivity contribution in [1.82, 2.24) is 14.5 Å². The summed E-state index contributed by atoms with van der Waals surface area (Å²) in [5, 5.41) is 4.35. The molecule has 5 nitrogen and oxygen atoms in total. The molecule has 4 aromatic rings. The molecule has 2 aromatic carbocycles. The van der Waals surface area contributed by atoms with Gasteiger partial charge in [0.25, 0.3) is 0 Å². The van der Waals surface area contributed by atoms with Crippen molar-refractivity contribution in [3.63, 3.8) is 0 Å². The average Bonchev–Trinajstić information content (AvgIpc) is 3.24. The van der Waals surface area contributed by atoms with Gasteiger partial charge in [-0.05, 0) is 51.8 Å². The summed E-state index contributed by atoms with van der Waals surface area (Å²) in [6.07, 6.45) is 5.32. The van der Waals surface area contributed by atoms with Gasteiger partial charge < -0.3 is 10.1 Å². The van der Waals surface area contributed by atoms with E-state index >= 15 is 0 Å². The van der Waals surface area contributed by atoms with Gasteiger partial charge >= 0.3 is 0 Å². The largest absolute Gasteiger partial charge is 0.497 e. The second-order valence-corrected chi connectivity index (χ2v) is 8.15. The molecule has 2 aromatic heterocycles. The molecule has 0 spiro atoms. The molecule has 152 valence electrons. The van der Waals surface area contributed by atoms with Crippen LogP contribution in [0.2, 0.25) is 10.0 Å². The van der Waals surface area contributed by atoms with Gasteiger partial charge in [0.15, 0.2) is 0 Å². The molecule has 8 heteroatoms. The Morgan fingerprint density at radius 1 is 1.10 bits per heavy atom. The molecule has 0 saturated heterocycles. The van der Waals surface area contributed by atoms with Crippen LogP contribution in [0.5, 0.6) is 5.75 Å². The highest BCUT2D eigenvalue weighted by Gasteiger charge is 2.16. The van der Waals surface area contributed by atoms with E-state index in [1.54, 1.807) is 25.6 Å². The molecule has 0 aliphatic carbocycles. The maximum atomic E-state index is 6.45. The van der Waals surface area contributed by atoms with E-state index in [0.717, 1.165) is 27.0 Å². The molecule has 2 heterocycles. The zero-order valence-electron chi connectivity index (χ0n) is 15.9. The van der Waals surface area contributed by atoms with Crippen molar-refractivity contribution < 1.29 is 4.74 Å². The number of halogens is 3. The third-order valence-electron chi connectivity index (χ3n) is 4.55. The van der Waals surface area contributed by atoms with Crippen LogP contribution in [-0.4, -0.2) is 21.6 Å². The van der Waals surface area contributed by atoms with Crippen LogP contribution in [0.25, 0.3) is 17.1 Å². The van der Waals surface area contributed by atoms with Crippen LogP contribution in [0.1, 0.15) is 5.56 Å². The number of nitrogens with one attached hydrogen (secondary N) is 1. The van der Waals surface area contributed by atoms with E-state index in [9.17, 15) is 0 Å². The summed E-state index contributed by atoms with van der Waals surface area (Å²) in [6.45, 7) is 0.601. The fraction of sp³-hybridized carbons (Fsp3) is 0.0909. The SMILES string of the molecule is COc1ccc(CNc2ncc(Br)cc2-c2nccn2-c2cccc(Cl)c2Cl)cc1. The minimum absolute atomic E-state index is 0.467. The van der Waals surface area contributed by atoms with Gasteiger partial charge in [-0.15, -0.1) is 0 Å². The molecule has 0 unspecified atom stereocenters. The van der Waals surface area contributed by atoms with Gasteiger partial charge in [0, 0.05) is 29.6 Å². The molecular formula is C22H17BrCl2N4O. The number of nitrogens with zero attached hydrogens (tertiary/aromatic N) is 3. The number of ether oxygens (including phenoxy) is 1. The maximum Gasteiger partial charge on any atom is 0.148 e. The number of methoxy groups -OCH3 is 1. The Hall–Kier alpha value is -2.54. The second kappa shape index (κ2) is 9.08. The molecule has 0 aliphatic heterocycles. The lowest BCUT2D eigenvalue weighted by Gasteiger charge is -2.14. The Balaban J connectivity index is 1.69. The predicted molar refractivity (Wildman–Crippen MR) is 125 cm³/mol. The number of benzene rings is 2. The van der Waals surface area contributed by atoms with Crippen LogP contribution >= 0.6 is 39.1 Å². The van der Waals surface area contributed by atoms with Crippen molar-refractivity contribution >= 4 is 44.9 Å². The standard InChI is InChI=1S/C22H17BrCl2N4O/c1-30-16-7-5-14(6-8-16)12-27-21-17(11-15(23)13-28-21)22-26-9-10-29(22)19-4-2-3-18(24)20(19)25/h2-11,13H,12H2,1H3,(H,27,28).